The molecule has 2 aromatic carbocycles. The van der Waals surface area contributed by atoms with Crippen LogP contribution in [-0.4, -0.2) is 42.0 Å². The summed E-state index contributed by atoms with van der Waals surface area (Å²) in [4.78, 5) is 25.0. The van der Waals surface area contributed by atoms with Crippen molar-refractivity contribution >= 4 is 17.3 Å². The molecule has 0 atom stereocenters. The van der Waals surface area contributed by atoms with E-state index in [0.29, 0.717) is 49.1 Å². The van der Waals surface area contributed by atoms with Gasteiger partial charge in [-0.2, -0.15) is 0 Å². The molecule has 1 amide bonds. The maximum absolute atomic E-state index is 12.4. The molecule has 0 aromatic heterocycles. The van der Waals surface area contributed by atoms with Crippen molar-refractivity contribution in [1.29, 1.82) is 0 Å². The molecule has 27 heavy (non-hydrogen) atoms. The number of benzene rings is 2. The zero-order valence-electron chi connectivity index (χ0n) is 15.0. The molecule has 1 aliphatic heterocycles. The number of carbonyl (C=O) groups is 1. The Morgan fingerprint density at radius 3 is 2.67 bits per heavy atom. The summed E-state index contributed by atoms with van der Waals surface area (Å²) in [7, 11) is 0. The minimum absolute atomic E-state index is 0.0585. The summed E-state index contributed by atoms with van der Waals surface area (Å²) in [6.45, 7) is 3.92. The molecule has 8 heteroatoms. The molecule has 1 heterocycles. The van der Waals surface area contributed by atoms with E-state index in [-0.39, 0.29) is 18.1 Å². The molecule has 1 N–H and O–H groups in total. The molecule has 1 aliphatic rings. The highest BCUT2D eigenvalue weighted by molar-refractivity contribution is 5.92. The normalized spacial score (nSPS) is 12.7. The van der Waals surface area contributed by atoms with Crippen LogP contribution in [0.5, 0.6) is 11.5 Å². The summed E-state index contributed by atoms with van der Waals surface area (Å²) in [6, 6.07) is 11.8. The van der Waals surface area contributed by atoms with Crippen molar-refractivity contribution in [2.75, 3.05) is 31.6 Å². The number of para-hydroxylation sites is 1. The Labute approximate surface area is 156 Å². The topological polar surface area (TPSA) is 93.9 Å². The lowest BCUT2D eigenvalue weighted by atomic mass is 10.1. The Hall–Kier alpha value is -3.13. The molecule has 8 nitrogen and oxygen atoms in total. The third-order valence-electron chi connectivity index (χ3n) is 4.22. The van der Waals surface area contributed by atoms with E-state index in [4.69, 9.17) is 9.47 Å². The van der Waals surface area contributed by atoms with E-state index in [1.165, 1.54) is 6.07 Å². The van der Waals surface area contributed by atoms with Gasteiger partial charge in [0.1, 0.15) is 13.2 Å². The van der Waals surface area contributed by atoms with Gasteiger partial charge in [0, 0.05) is 29.9 Å². The van der Waals surface area contributed by atoms with Crippen molar-refractivity contribution < 1.29 is 19.2 Å². The predicted octanol–water partition coefficient (Wildman–Crippen LogP) is 2.83. The average molecular weight is 371 g/mol. The summed E-state index contributed by atoms with van der Waals surface area (Å²) in [5.41, 5.74) is 1.26. The summed E-state index contributed by atoms with van der Waals surface area (Å²) in [6.07, 6.45) is 0. The Kier molecular flexibility index (Phi) is 5.87. The lowest BCUT2D eigenvalue weighted by Crippen LogP contribution is -2.33. The molecular formula is C19H21N3O5. The van der Waals surface area contributed by atoms with E-state index in [0.717, 1.165) is 0 Å². The molecule has 0 unspecified atom stereocenters. The van der Waals surface area contributed by atoms with Gasteiger partial charge in [-0.15, -0.1) is 0 Å². The smallest absolute Gasteiger partial charge is 0.273 e. The van der Waals surface area contributed by atoms with Crippen molar-refractivity contribution in [2.45, 2.75) is 13.5 Å². The Morgan fingerprint density at radius 1 is 1.19 bits per heavy atom. The van der Waals surface area contributed by atoms with Gasteiger partial charge in [-0.25, -0.2) is 0 Å². The molecule has 3 rings (SSSR count). The lowest BCUT2D eigenvalue weighted by molar-refractivity contribution is -0.385. The summed E-state index contributed by atoms with van der Waals surface area (Å²) >= 11 is 0. The number of carbonyl (C=O) groups excluding carboxylic acids is 1. The standard InChI is InChI=1S/C19H21N3O5/c1-2-21(12-14-5-3-4-6-16(14)22(24)25)13-19(23)20-15-7-8-17-18(11-15)27-10-9-26-17/h3-8,11H,2,9-10,12-13H2,1H3,(H,20,23). The summed E-state index contributed by atoms with van der Waals surface area (Å²) < 4.78 is 11.0. The first-order valence-electron chi connectivity index (χ1n) is 8.71. The number of amides is 1. The predicted molar refractivity (Wildman–Crippen MR) is 100 cm³/mol. The SMILES string of the molecule is CCN(CC(=O)Nc1ccc2c(c1)OCCO2)Cc1ccccc1[N+](=O)[O-]. The van der Waals surface area contributed by atoms with E-state index < -0.39 is 4.92 Å². The largest absolute Gasteiger partial charge is 0.486 e. The van der Waals surface area contributed by atoms with Gasteiger partial charge in [-0.3, -0.25) is 19.8 Å². The summed E-state index contributed by atoms with van der Waals surface area (Å²) in [5, 5.41) is 14.0. The molecule has 142 valence electrons. The van der Waals surface area contributed by atoms with Crippen LogP contribution in [0.15, 0.2) is 42.5 Å². The lowest BCUT2D eigenvalue weighted by Gasteiger charge is -2.21. The number of nitro benzene ring substituents is 1. The number of hydrogen-bond acceptors (Lipinski definition) is 6. The molecule has 2 aromatic rings. The van der Waals surface area contributed by atoms with Crippen LogP contribution in [0.1, 0.15) is 12.5 Å². The highest BCUT2D eigenvalue weighted by Gasteiger charge is 2.18. The number of anilines is 1. The molecule has 0 fully saturated rings. The van der Waals surface area contributed by atoms with E-state index in [1.807, 2.05) is 11.8 Å². The number of likely N-dealkylation sites (N-methyl/N-ethyl adjacent to an activating group) is 1. The third-order valence-corrected chi connectivity index (χ3v) is 4.22. The highest BCUT2D eigenvalue weighted by atomic mass is 16.6. The molecule has 0 saturated carbocycles. The second-order valence-electron chi connectivity index (χ2n) is 6.10. The van der Waals surface area contributed by atoms with Crippen LogP contribution in [0.4, 0.5) is 11.4 Å². The number of ether oxygens (including phenoxy) is 2. The van der Waals surface area contributed by atoms with E-state index >= 15 is 0 Å². The first-order chi connectivity index (χ1) is 13.1. The quantitative estimate of drug-likeness (QED) is 0.594. The van der Waals surface area contributed by atoms with Gasteiger partial charge in [-0.05, 0) is 18.7 Å². The third kappa shape index (κ3) is 4.73. The maximum Gasteiger partial charge on any atom is 0.273 e. The van der Waals surface area contributed by atoms with Gasteiger partial charge in [0.2, 0.25) is 5.91 Å². The van der Waals surface area contributed by atoms with Crippen LogP contribution < -0.4 is 14.8 Å². The zero-order valence-corrected chi connectivity index (χ0v) is 15.0. The molecular weight excluding hydrogens is 350 g/mol. The van der Waals surface area contributed by atoms with Gasteiger partial charge in [0.25, 0.3) is 5.69 Å². The molecule has 0 spiro atoms. The first-order valence-corrected chi connectivity index (χ1v) is 8.71. The van der Waals surface area contributed by atoms with Crippen LogP contribution in [0.2, 0.25) is 0 Å². The number of rotatable bonds is 7. The van der Waals surface area contributed by atoms with Crippen molar-refractivity contribution in [3.05, 3.63) is 58.1 Å². The molecule has 0 saturated heterocycles. The van der Waals surface area contributed by atoms with Crippen molar-refractivity contribution in [3.8, 4) is 11.5 Å². The minimum atomic E-state index is -0.404. The monoisotopic (exact) mass is 371 g/mol. The van der Waals surface area contributed by atoms with Gasteiger partial charge in [-0.1, -0.05) is 25.1 Å². The highest BCUT2D eigenvalue weighted by Crippen LogP contribution is 2.32. The van der Waals surface area contributed by atoms with Crippen LogP contribution in [0, 0.1) is 10.1 Å². The molecule has 0 bridgehead atoms. The fraction of sp³-hybridized carbons (Fsp3) is 0.316. The molecule has 0 radical (unpaired) electrons. The van der Waals surface area contributed by atoms with Crippen molar-refractivity contribution in [1.82, 2.24) is 4.90 Å². The Bertz CT molecular complexity index is 840. The summed E-state index contributed by atoms with van der Waals surface area (Å²) in [5.74, 6) is 1.06. The number of nitrogens with one attached hydrogen (secondary N) is 1. The maximum atomic E-state index is 12.4. The van der Waals surface area contributed by atoms with E-state index in [2.05, 4.69) is 5.32 Å². The van der Waals surface area contributed by atoms with Crippen LogP contribution in [-0.2, 0) is 11.3 Å². The number of nitrogens with zero attached hydrogens (tertiary/aromatic N) is 2. The second-order valence-corrected chi connectivity index (χ2v) is 6.10. The van der Waals surface area contributed by atoms with Crippen LogP contribution in [0.3, 0.4) is 0 Å². The van der Waals surface area contributed by atoms with Crippen LogP contribution in [0.25, 0.3) is 0 Å². The minimum Gasteiger partial charge on any atom is -0.486 e. The van der Waals surface area contributed by atoms with E-state index in [1.54, 1.807) is 36.4 Å². The van der Waals surface area contributed by atoms with Gasteiger partial charge in [0.15, 0.2) is 11.5 Å². The number of nitro groups is 1. The second kappa shape index (κ2) is 8.50. The fourth-order valence-electron chi connectivity index (χ4n) is 2.87. The van der Waals surface area contributed by atoms with Gasteiger partial charge < -0.3 is 14.8 Å². The van der Waals surface area contributed by atoms with Crippen molar-refractivity contribution in [3.63, 3.8) is 0 Å². The number of fused-ring (bicyclic) bond motifs is 1. The molecule has 0 aliphatic carbocycles. The van der Waals surface area contributed by atoms with Gasteiger partial charge in [0.05, 0.1) is 11.5 Å². The first kappa shape index (κ1) is 18.7. The van der Waals surface area contributed by atoms with Crippen LogP contribution >= 0.6 is 0 Å². The van der Waals surface area contributed by atoms with Crippen molar-refractivity contribution in [2.24, 2.45) is 0 Å². The fourth-order valence-corrected chi connectivity index (χ4v) is 2.87. The Morgan fingerprint density at radius 2 is 1.93 bits per heavy atom. The number of hydrogen-bond donors (Lipinski definition) is 1. The zero-order chi connectivity index (χ0) is 19.2. The van der Waals surface area contributed by atoms with Gasteiger partial charge >= 0.3 is 0 Å². The van der Waals surface area contributed by atoms with E-state index in [9.17, 15) is 14.9 Å². The average Bonchev–Trinajstić information content (AvgIpc) is 2.67. The Balaban J connectivity index is 1.63.